The van der Waals surface area contributed by atoms with Crippen molar-refractivity contribution in [1.29, 1.82) is 0 Å². The van der Waals surface area contributed by atoms with Gasteiger partial charge in [0.05, 0.1) is 6.26 Å². The number of sulfonamides is 1. The fourth-order valence-corrected chi connectivity index (χ4v) is 3.84. The molecule has 0 amide bonds. The third-order valence-electron chi connectivity index (χ3n) is 4.37. The van der Waals surface area contributed by atoms with Crippen LogP contribution in [0, 0.1) is 5.92 Å². The topological polar surface area (TPSA) is 61.4 Å². The molecule has 1 heterocycles. The summed E-state index contributed by atoms with van der Waals surface area (Å²) < 4.78 is 25.4. The Morgan fingerprint density at radius 2 is 1.71 bits per heavy atom. The molecule has 1 aliphatic heterocycles. The maximum absolute atomic E-state index is 11.4. The largest absolute Gasteiger partial charge is 0.314 e. The molecule has 1 saturated carbocycles. The van der Waals surface area contributed by atoms with E-state index < -0.39 is 10.0 Å². The number of hydrogen-bond donors (Lipinski definition) is 2. The van der Waals surface area contributed by atoms with E-state index in [2.05, 4.69) is 14.9 Å². The summed E-state index contributed by atoms with van der Waals surface area (Å²) >= 11 is 0. The van der Waals surface area contributed by atoms with Crippen LogP contribution in [0.15, 0.2) is 0 Å². The van der Waals surface area contributed by atoms with Crippen molar-refractivity contribution in [2.24, 2.45) is 5.92 Å². The van der Waals surface area contributed by atoms with E-state index in [4.69, 9.17) is 0 Å². The number of rotatable bonds is 5. The van der Waals surface area contributed by atoms with Gasteiger partial charge in [-0.25, -0.2) is 13.1 Å². The number of nitrogens with one attached hydrogen (secondary N) is 2. The molecule has 8 heteroatoms. The van der Waals surface area contributed by atoms with Crippen LogP contribution in [0.1, 0.15) is 32.1 Å². The highest BCUT2D eigenvalue weighted by molar-refractivity contribution is 7.88. The van der Waals surface area contributed by atoms with E-state index >= 15 is 0 Å². The Morgan fingerprint density at radius 3 is 2.24 bits per heavy atom. The molecule has 128 valence electrons. The fourth-order valence-electron chi connectivity index (χ4n) is 3.36. The third kappa shape index (κ3) is 7.48. The molecule has 21 heavy (non-hydrogen) atoms. The van der Waals surface area contributed by atoms with Crippen molar-refractivity contribution in [3.63, 3.8) is 0 Å². The molecule has 0 radical (unpaired) electrons. The van der Waals surface area contributed by atoms with Gasteiger partial charge in [-0.15, -0.1) is 24.8 Å². The van der Waals surface area contributed by atoms with Crippen molar-refractivity contribution in [2.45, 2.75) is 38.1 Å². The second-order valence-corrected chi connectivity index (χ2v) is 7.71. The van der Waals surface area contributed by atoms with Crippen LogP contribution >= 0.6 is 24.8 Å². The molecule has 2 rings (SSSR count). The summed E-state index contributed by atoms with van der Waals surface area (Å²) in [6.07, 6.45) is 7.69. The molecule has 0 aromatic carbocycles. The Bertz CT molecular complexity index is 352. The van der Waals surface area contributed by atoms with E-state index in [9.17, 15) is 8.42 Å². The van der Waals surface area contributed by atoms with Gasteiger partial charge in [-0.1, -0.05) is 19.3 Å². The summed E-state index contributed by atoms with van der Waals surface area (Å²) in [6.45, 7) is 4.67. The minimum Gasteiger partial charge on any atom is -0.314 e. The average molecular weight is 362 g/mol. The quantitative estimate of drug-likeness (QED) is 0.773. The van der Waals surface area contributed by atoms with Crippen LogP contribution in [-0.2, 0) is 10.0 Å². The minimum absolute atomic E-state index is 0. The number of piperazine rings is 1. The molecule has 0 bridgehead atoms. The van der Waals surface area contributed by atoms with E-state index in [0.717, 1.165) is 26.2 Å². The smallest absolute Gasteiger partial charge is 0.208 e. The van der Waals surface area contributed by atoms with E-state index in [0.29, 0.717) is 18.5 Å². The van der Waals surface area contributed by atoms with E-state index in [1.54, 1.807) is 0 Å². The summed E-state index contributed by atoms with van der Waals surface area (Å²) in [5.41, 5.74) is 0. The van der Waals surface area contributed by atoms with Crippen molar-refractivity contribution < 1.29 is 8.42 Å². The SMILES string of the molecule is CS(=O)(=O)NCC(C1CCCCC1)N1CCNCC1.Cl.Cl. The first-order valence-corrected chi connectivity index (χ1v) is 9.35. The normalized spacial score (nSPS) is 22.9. The maximum atomic E-state index is 11.4. The third-order valence-corrected chi connectivity index (χ3v) is 5.06. The minimum atomic E-state index is -3.09. The van der Waals surface area contributed by atoms with Gasteiger partial charge < -0.3 is 5.32 Å². The predicted octanol–water partition coefficient (Wildman–Crippen LogP) is 1.23. The first-order chi connectivity index (χ1) is 9.06. The van der Waals surface area contributed by atoms with E-state index in [1.807, 2.05) is 0 Å². The van der Waals surface area contributed by atoms with Gasteiger partial charge in [0.1, 0.15) is 0 Å². The van der Waals surface area contributed by atoms with Crippen LogP contribution in [0.5, 0.6) is 0 Å². The zero-order chi connectivity index (χ0) is 13.7. The number of halogens is 2. The van der Waals surface area contributed by atoms with Gasteiger partial charge in [0.2, 0.25) is 10.0 Å². The Balaban J connectivity index is 0.00000200. The highest BCUT2D eigenvalue weighted by Crippen LogP contribution is 2.29. The molecule has 2 aliphatic rings. The van der Waals surface area contributed by atoms with E-state index in [1.165, 1.54) is 38.4 Å². The second-order valence-electron chi connectivity index (χ2n) is 5.87. The lowest BCUT2D eigenvalue weighted by Gasteiger charge is -2.40. The molecule has 0 aromatic rings. The Morgan fingerprint density at radius 1 is 1.14 bits per heavy atom. The summed E-state index contributed by atoms with van der Waals surface area (Å²) in [5, 5.41) is 3.36. The van der Waals surface area contributed by atoms with Crippen molar-refractivity contribution >= 4 is 34.8 Å². The van der Waals surface area contributed by atoms with Crippen molar-refractivity contribution in [3.05, 3.63) is 0 Å². The molecule has 1 saturated heterocycles. The molecule has 2 fully saturated rings. The fraction of sp³-hybridized carbons (Fsp3) is 1.00. The Kier molecular flexibility index (Phi) is 10.4. The van der Waals surface area contributed by atoms with Gasteiger partial charge in [-0.05, 0) is 18.8 Å². The van der Waals surface area contributed by atoms with E-state index in [-0.39, 0.29) is 24.8 Å². The first kappa shape index (κ1) is 21.4. The summed E-state index contributed by atoms with van der Waals surface area (Å²) in [5.74, 6) is 0.654. The summed E-state index contributed by atoms with van der Waals surface area (Å²) in [4.78, 5) is 2.48. The zero-order valence-corrected chi connectivity index (χ0v) is 15.2. The molecule has 1 atom stereocenters. The molecule has 0 aromatic heterocycles. The van der Waals surface area contributed by atoms with Gasteiger partial charge in [-0.3, -0.25) is 4.90 Å². The summed E-state index contributed by atoms with van der Waals surface area (Å²) in [6, 6.07) is 0.372. The van der Waals surface area contributed by atoms with Crippen molar-refractivity contribution in [3.8, 4) is 0 Å². The van der Waals surface area contributed by atoms with Gasteiger partial charge in [0.15, 0.2) is 0 Å². The van der Waals surface area contributed by atoms with Crippen molar-refractivity contribution in [1.82, 2.24) is 14.9 Å². The number of nitrogens with zero attached hydrogens (tertiary/aromatic N) is 1. The molecule has 5 nitrogen and oxygen atoms in total. The molecule has 1 unspecified atom stereocenters. The average Bonchev–Trinajstić information content (AvgIpc) is 2.40. The lowest BCUT2D eigenvalue weighted by atomic mass is 9.83. The highest BCUT2D eigenvalue weighted by atomic mass is 35.5. The molecular weight excluding hydrogens is 333 g/mol. The lowest BCUT2D eigenvalue weighted by Crippen LogP contribution is -2.54. The van der Waals surface area contributed by atoms with Gasteiger partial charge in [0, 0.05) is 38.8 Å². The van der Waals surface area contributed by atoms with Crippen LogP contribution in [0.3, 0.4) is 0 Å². The Hall–Kier alpha value is 0.410. The van der Waals surface area contributed by atoms with Crippen molar-refractivity contribution in [2.75, 3.05) is 39.0 Å². The number of hydrogen-bond acceptors (Lipinski definition) is 4. The predicted molar refractivity (Wildman–Crippen MR) is 92.1 cm³/mol. The summed E-state index contributed by atoms with van der Waals surface area (Å²) in [7, 11) is -3.09. The second kappa shape index (κ2) is 10.2. The lowest BCUT2D eigenvalue weighted by molar-refractivity contribution is 0.106. The van der Waals surface area contributed by atoms with Crippen LogP contribution in [0.25, 0.3) is 0 Å². The molecule has 2 N–H and O–H groups in total. The molecular formula is C13H29Cl2N3O2S. The zero-order valence-electron chi connectivity index (χ0n) is 12.7. The van der Waals surface area contributed by atoms with Gasteiger partial charge >= 0.3 is 0 Å². The van der Waals surface area contributed by atoms with Gasteiger partial charge in [-0.2, -0.15) is 0 Å². The van der Waals surface area contributed by atoms with Crippen LogP contribution in [0.4, 0.5) is 0 Å². The monoisotopic (exact) mass is 361 g/mol. The standard InChI is InChI=1S/C13H27N3O2S.2ClH/c1-19(17,18)15-11-13(12-5-3-2-4-6-12)16-9-7-14-8-10-16;;/h12-15H,2-11H2,1H3;2*1H. The molecule has 0 spiro atoms. The van der Waals surface area contributed by atoms with Crippen LogP contribution in [0.2, 0.25) is 0 Å². The first-order valence-electron chi connectivity index (χ1n) is 7.46. The van der Waals surface area contributed by atoms with Gasteiger partial charge in [0.25, 0.3) is 0 Å². The Labute approximate surface area is 141 Å². The van der Waals surface area contributed by atoms with Crippen LogP contribution < -0.4 is 10.0 Å². The van der Waals surface area contributed by atoms with Crippen LogP contribution in [-0.4, -0.2) is 58.3 Å². The molecule has 1 aliphatic carbocycles. The highest BCUT2D eigenvalue weighted by Gasteiger charge is 2.29. The maximum Gasteiger partial charge on any atom is 0.208 e.